The predicted octanol–water partition coefficient (Wildman–Crippen LogP) is -0.195. The molecule has 0 amide bonds. The van der Waals surface area contributed by atoms with E-state index in [1.807, 2.05) is 0 Å². The number of nitrogen functional groups attached to an aromatic ring is 1. The monoisotopic (exact) mass is 230 g/mol. The summed E-state index contributed by atoms with van der Waals surface area (Å²) in [6.07, 6.45) is 0. The second kappa shape index (κ2) is 4.05. The Morgan fingerprint density at radius 2 is 1.87 bits per heavy atom. The largest absolute Gasteiger partial charge is 0.399 e. The van der Waals surface area contributed by atoms with Crippen LogP contribution >= 0.6 is 0 Å². The van der Waals surface area contributed by atoms with Crippen LogP contribution in [0.4, 0.5) is 11.4 Å². The maximum Gasteiger partial charge on any atom is 0.238 e. The summed E-state index contributed by atoms with van der Waals surface area (Å²) in [6.45, 7) is 0. The van der Waals surface area contributed by atoms with Gasteiger partial charge in [-0.2, -0.15) is 0 Å². The topological polar surface area (TPSA) is 101 Å². The number of rotatable bonds is 3. The number of hydrogen-bond acceptors (Lipinski definition) is 5. The second-order valence-corrected chi connectivity index (χ2v) is 4.90. The van der Waals surface area contributed by atoms with Crippen molar-refractivity contribution in [3.05, 3.63) is 18.2 Å². The summed E-state index contributed by atoms with van der Waals surface area (Å²) in [7, 11) is -0.167. The summed E-state index contributed by atoms with van der Waals surface area (Å²) in [5.74, 6) is 0. The fraction of sp³-hybridized carbons (Fsp3) is 0.250. The van der Waals surface area contributed by atoms with Crippen molar-refractivity contribution >= 4 is 21.4 Å². The van der Waals surface area contributed by atoms with Crippen molar-refractivity contribution in [1.82, 2.24) is 5.01 Å². The minimum Gasteiger partial charge on any atom is -0.399 e. The van der Waals surface area contributed by atoms with E-state index in [1.165, 1.54) is 12.1 Å². The van der Waals surface area contributed by atoms with E-state index in [2.05, 4.69) is 5.43 Å². The Bertz CT molecular complexity index is 456. The molecule has 1 rings (SSSR count). The Morgan fingerprint density at radius 1 is 1.27 bits per heavy atom. The average molecular weight is 230 g/mol. The lowest BCUT2D eigenvalue weighted by Crippen LogP contribution is -2.20. The normalized spacial score (nSPS) is 11.7. The summed E-state index contributed by atoms with van der Waals surface area (Å²) in [5, 5.41) is 6.67. The van der Waals surface area contributed by atoms with Gasteiger partial charge in [-0.1, -0.05) is 0 Å². The Labute approximate surface area is 88.9 Å². The molecule has 0 aromatic heterocycles. The first-order valence-corrected chi connectivity index (χ1v) is 5.71. The Morgan fingerprint density at radius 3 is 2.33 bits per heavy atom. The van der Waals surface area contributed by atoms with Gasteiger partial charge in [-0.25, -0.2) is 18.6 Å². The standard InChI is InChI=1S/C8H14N4O2S/c1-12(2)11-7-3-6(9)4-8(5-7)15(10,13)14/h3-5,11H,9H2,1-2H3,(H2,10,13,14). The molecule has 0 aliphatic heterocycles. The molecule has 15 heavy (non-hydrogen) atoms. The quantitative estimate of drug-likeness (QED) is 0.493. The molecule has 5 N–H and O–H groups in total. The molecule has 0 aliphatic rings. The van der Waals surface area contributed by atoms with Gasteiger partial charge < -0.3 is 11.2 Å². The van der Waals surface area contributed by atoms with E-state index in [1.54, 1.807) is 25.2 Å². The molecule has 1 aromatic carbocycles. The molecule has 1 aromatic rings. The van der Waals surface area contributed by atoms with Crippen molar-refractivity contribution in [2.75, 3.05) is 25.3 Å². The highest BCUT2D eigenvalue weighted by Gasteiger charge is 2.09. The van der Waals surface area contributed by atoms with E-state index in [-0.39, 0.29) is 4.90 Å². The summed E-state index contributed by atoms with van der Waals surface area (Å²) in [5.41, 5.74) is 9.36. The molecule has 0 saturated heterocycles. The van der Waals surface area contributed by atoms with Gasteiger partial charge in [0, 0.05) is 19.8 Å². The van der Waals surface area contributed by atoms with Gasteiger partial charge in [-0.15, -0.1) is 0 Å². The number of nitrogens with one attached hydrogen (secondary N) is 1. The minimum absolute atomic E-state index is 0.00755. The molecule has 0 heterocycles. The van der Waals surface area contributed by atoms with Crippen LogP contribution in [0.1, 0.15) is 0 Å². The Hall–Kier alpha value is -1.31. The minimum atomic E-state index is -3.72. The number of nitrogens with two attached hydrogens (primary N) is 2. The maximum absolute atomic E-state index is 11.1. The third-order valence-corrected chi connectivity index (χ3v) is 2.50. The van der Waals surface area contributed by atoms with Gasteiger partial charge in [0.1, 0.15) is 0 Å². The van der Waals surface area contributed by atoms with Gasteiger partial charge in [0.2, 0.25) is 10.0 Å². The van der Waals surface area contributed by atoms with Gasteiger partial charge in [0.05, 0.1) is 10.6 Å². The van der Waals surface area contributed by atoms with Crippen LogP contribution in [-0.4, -0.2) is 27.5 Å². The van der Waals surface area contributed by atoms with Crippen LogP contribution in [0, 0.1) is 0 Å². The number of nitrogens with zero attached hydrogens (tertiary/aromatic N) is 1. The zero-order valence-electron chi connectivity index (χ0n) is 8.56. The first-order chi connectivity index (χ1) is 6.79. The molecule has 84 valence electrons. The molecule has 0 aliphatic carbocycles. The number of primary sulfonamides is 1. The zero-order valence-corrected chi connectivity index (χ0v) is 9.38. The molecule has 0 atom stereocenters. The van der Waals surface area contributed by atoms with Crippen molar-refractivity contribution in [1.29, 1.82) is 0 Å². The predicted molar refractivity (Wildman–Crippen MR) is 59.5 cm³/mol. The number of benzene rings is 1. The number of hydrazine groups is 1. The second-order valence-electron chi connectivity index (χ2n) is 3.34. The molecule has 0 saturated carbocycles. The van der Waals surface area contributed by atoms with Gasteiger partial charge in [-0.05, 0) is 18.2 Å². The van der Waals surface area contributed by atoms with Crippen molar-refractivity contribution in [3.8, 4) is 0 Å². The number of anilines is 2. The summed E-state index contributed by atoms with van der Waals surface area (Å²) in [4.78, 5) is -0.00755. The summed E-state index contributed by atoms with van der Waals surface area (Å²) >= 11 is 0. The SMILES string of the molecule is CN(C)Nc1cc(N)cc(S(N)(=O)=O)c1. The fourth-order valence-electron chi connectivity index (χ4n) is 1.11. The average Bonchev–Trinajstić information content (AvgIpc) is 1.99. The van der Waals surface area contributed by atoms with Gasteiger partial charge >= 0.3 is 0 Å². The first-order valence-electron chi connectivity index (χ1n) is 4.16. The van der Waals surface area contributed by atoms with Crippen molar-refractivity contribution in [3.63, 3.8) is 0 Å². The third kappa shape index (κ3) is 3.39. The van der Waals surface area contributed by atoms with Crippen LogP contribution in [0.3, 0.4) is 0 Å². The lowest BCUT2D eigenvalue weighted by atomic mass is 10.3. The summed E-state index contributed by atoms with van der Waals surface area (Å²) < 4.78 is 22.2. The van der Waals surface area contributed by atoms with Crippen LogP contribution < -0.4 is 16.3 Å². The molecule has 0 fully saturated rings. The molecule has 0 unspecified atom stereocenters. The van der Waals surface area contributed by atoms with Crippen LogP contribution in [0.25, 0.3) is 0 Å². The third-order valence-electron chi connectivity index (χ3n) is 1.61. The van der Waals surface area contributed by atoms with E-state index in [0.29, 0.717) is 11.4 Å². The van der Waals surface area contributed by atoms with Crippen LogP contribution in [0.15, 0.2) is 23.1 Å². The van der Waals surface area contributed by atoms with Gasteiger partial charge in [0.15, 0.2) is 0 Å². The van der Waals surface area contributed by atoms with Gasteiger partial charge in [-0.3, -0.25) is 0 Å². The van der Waals surface area contributed by atoms with Crippen LogP contribution in [0.5, 0.6) is 0 Å². The molecule has 0 radical (unpaired) electrons. The Balaban J connectivity index is 3.17. The van der Waals surface area contributed by atoms with Gasteiger partial charge in [0.25, 0.3) is 0 Å². The number of sulfonamides is 1. The first kappa shape index (κ1) is 11.8. The molecular weight excluding hydrogens is 216 g/mol. The molecule has 6 nitrogen and oxygen atoms in total. The van der Waals surface area contributed by atoms with Crippen LogP contribution in [0.2, 0.25) is 0 Å². The van der Waals surface area contributed by atoms with E-state index in [9.17, 15) is 8.42 Å². The Kier molecular flexibility index (Phi) is 3.18. The maximum atomic E-state index is 11.1. The van der Waals surface area contributed by atoms with E-state index in [0.717, 1.165) is 0 Å². The zero-order chi connectivity index (χ0) is 11.6. The van der Waals surface area contributed by atoms with Crippen molar-refractivity contribution in [2.45, 2.75) is 4.90 Å². The van der Waals surface area contributed by atoms with Crippen molar-refractivity contribution in [2.24, 2.45) is 5.14 Å². The fourth-order valence-corrected chi connectivity index (χ4v) is 1.70. The van der Waals surface area contributed by atoms with E-state index >= 15 is 0 Å². The van der Waals surface area contributed by atoms with Crippen molar-refractivity contribution < 1.29 is 8.42 Å². The van der Waals surface area contributed by atoms with E-state index < -0.39 is 10.0 Å². The van der Waals surface area contributed by atoms with E-state index in [4.69, 9.17) is 10.9 Å². The molecule has 0 bridgehead atoms. The highest BCUT2D eigenvalue weighted by atomic mass is 32.2. The lowest BCUT2D eigenvalue weighted by Gasteiger charge is -2.14. The molecule has 7 heteroatoms. The molecular formula is C8H14N4O2S. The smallest absolute Gasteiger partial charge is 0.238 e. The lowest BCUT2D eigenvalue weighted by molar-refractivity contribution is 0.495. The highest BCUT2D eigenvalue weighted by Crippen LogP contribution is 2.19. The van der Waals surface area contributed by atoms with Crippen LogP contribution in [-0.2, 0) is 10.0 Å². The number of hydrogen-bond donors (Lipinski definition) is 3. The molecule has 0 spiro atoms. The summed E-state index contributed by atoms with van der Waals surface area (Å²) in [6, 6.07) is 4.36. The highest BCUT2D eigenvalue weighted by molar-refractivity contribution is 7.89.